The van der Waals surface area contributed by atoms with Gasteiger partial charge in [-0.3, -0.25) is 9.59 Å². The van der Waals surface area contributed by atoms with Gasteiger partial charge in [0.2, 0.25) is 0 Å². The smallest absolute Gasteiger partial charge is 0.253 e. The molecule has 1 aromatic rings. The molecule has 2 aliphatic rings. The van der Waals surface area contributed by atoms with Crippen molar-refractivity contribution in [3.05, 3.63) is 20.4 Å². The van der Waals surface area contributed by atoms with Gasteiger partial charge in [0.1, 0.15) is 11.4 Å². The van der Waals surface area contributed by atoms with Crippen molar-refractivity contribution < 1.29 is 9.47 Å². The number of methoxy groups -OCH3 is 1. The molecule has 2 fully saturated rings. The fourth-order valence-electron chi connectivity index (χ4n) is 4.35. The van der Waals surface area contributed by atoms with E-state index < -0.39 is 0 Å². The van der Waals surface area contributed by atoms with Crippen LogP contribution in [0.4, 0.5) is 11.4 Å². The fourth-order valence-corrected chi connectivity index (χ4v) is 4.35. The highest BCUT2D eigenvalue weighted by atomic mass is 16.5. The molecule has 1 aliphatic heterocycles. The van der Waals surface area contributed by atoms with Gasteiger partial charge in [-0.2, -0.15) is 0 Å². The molecule has 3 N–H and O–H groups in total. The van der Waals surface area contributed by atoms with E-state index in [0.717, 1.165) is 90.4 Å². The average molecular weight is 408 g/mol. The molecule has 1 saturated carbocycles. The lowest BCUT2D eigenvalue weighted by molar-refractivity contribution is -0.0173. The summed E-state index contributed by atoms with van der Waals surface area (Å²) < 4.78 is 11.4. The summed E-state index contributed by atoms with van der Waals surface area (Å²) in [5, 5.41) is 9.76. The summed E-state index contributed by atoms with van der Waals surface area (Å²) in [5.74, 6) is 0. The first-order valence-electron chi connectivity index (χ1n) is 11.4. The first-order valence-corrected chi connectivity index (χ1v) is 11.4. The lowest BCUT2D eigenvalue weighted by Gasteiger charge is -2.27. The van der Waals surface area contributed by atoms with Crippen LogP contribution in [0.25, 0.3) is 0 Å². The van der Waals surface area contributed by atoms with Crippen molar-refractivity contribution in [2.24, 2.45) is 0 Å². The Bertz CT molecular complexity index is 672. The minimum absolute atomic E-state index is 0.282. The van der Waals surface area contributed by atoms with Crippen molar-refractivity contribution in [1.82, 2.24) is 5.32 Å². The number of piperidine rings is 1. The van der Waals surface area contributed by atoms with Gasteiger partial charge in [-0.15, -0.1) is 0 Å². The number of hydrogen-bond donors (Lipinski definition) is 3. The molecule has 29 heavy (non-hydrogen) atoms. The zero-order valence-corrected chi connectivity index (χ0v) is 17.8. The van der Waals surface area contributed by atoms with E-state index in [1.54, 1.807) is 7.11 Å². The molecule has 0 atom stereocenters. The molecule has 0 aromatic heterocycles. The molecule has 0 bridgehead atoms. The van der Waals surface area contributed by atoms with E-state index in [-0.39, 0.29) is 16.9 Å². The Hall–Kier alpha value is -1.44. The van der Waals surface area contributed by atoms with Gasteiger partial charge in [-0.1, -0.05) is 12.8 Å². The first-order chi connectivity index (χ1) is 14.2. The number of anilines is 2. The monoisotopic (exact) mass is 407 g/mol. The summed E-state index contributed by atoms with van der Waals surface area (Å²) in [4.78, 5) is 23.7. The Morgan fingerprint density at radius 1 is 0.862 bits per heavy atom. The van der Waals surface area contributed by atoms with Crippen LogP contribution in [0.5, 0.6) is 0 Å². The van der Waals surface area contributed by atoms with E-state index in [2.05, 4.69) is 16.0 Å². The normalized spacial score (nSPS) is 23.3. The topological polar surface area (TPSA) is 88.7 Å². The van der Waals surface area contributed by atoms with Crippen LogP contribution in [0.2, 0.25) is 0 Å². The van der Waals surface area contributed by atoms with E-state index in [9.17, 15) is 9.59 Å². The Labute approximate surface area is 173 Å². The molecule has 0 spiro atoms. The Morgan fingerprint density at radius 2 is 1.52 bits per heavy atom. The third-order valence-corrected chi connectivity index (χ3v) is 6.28. The third-order valence-electron chi connectivity index (χ3n) is 6.28. The maximum Gasteiger partial charge on any atom is 0.253 e. The van der Waals surface area contributed by atoms with Gasteiger partial charge in [0.05, 0.1) is 12.2 Å². The first kappa shape index (κ1) is 22.2. The van der Waals surface area contributed by atoms with Crippen LogP contribution >= 0.6 is 0 Å². The van der Waals surface area contributed by atoms with Crippen molar-refractivity contribution in [2.75, 3.05) is 44.0 Å². The quantitative estimate of drug-likeness (QED) is 0.362. The number of unbranched alkanes of at least 4 members (excludes halogenated alkanes) is 3. The molecular formula is C22H37N3O4. The molecule has 0 amide bonds. The minimum atomic E-state index is -0.377. The van der Waals surface area contributed by atoms with E-state index in [4.69, 9.17) is 9.47 Å². The number of nitrogens with one attached hydrogen (secondary N) is 3. The average Bonchev–Trinajstić information content (AvgIpc) is 2.77. The molecule has 3 rings (SSSR count). The Balaban J connectivity index is 1.23. The van der Waals surface area contributed by atoms with Crippen LogP contribution in [0.3, 0.4) is 0 Å². The highest BCUT2D eigenvalue weighted by molar-refractivity contribution is 5.74. The van der Waals surface area contributed by atoms with Gasteiger partial charge in [0.25, 0.3) is 10.9 Å². The number of ether oxygens (including phenoxy) is 2. The molecule has 1 saturated heterocycles. The molecule has 7 nitrogen and oxygen atoms in total. The largest absolute Gasteiger partial charge is 0.381 e. The summed E-state index contributed by atoms with van der Waals surface area (Å²) in [6, 6.07) is 0.282. The van der Waals surface area contributed by atoms with Gasteiger partial charge >= 0.3 is 0 Å². The molecular weight excluding hydrogens is 370 g/mol. The summed E-state index contributed by atoms with van der Waals surface area (Å²) >= 11 is 0. The van der Waals surface area contributed by atoms with Gasteiger partial charge in [-0.25, -0.2) is 0 Å². The van der Waals surface area contributed by atoms with Crippen LogP contribution in [0, 0.1) is 0 Å². The third kappa shape index (κ3) is 6.52. The van der Waals surface area contributed by atoms with Crippen LogP contribution < -0.4 is 26.8 Å². The summed E-state index contributed by atoms with van der Waals surface area (Å²) in [6.45, 7) is 3.47. The SMILES string of the molecule is COC1CCC(OCCCCCCNc2c(NC3CCNCC3)c(=O)c2=O)CC1. The van der Waals surface area contributed by atoms with Gasteiger partial charge in [0, 0.05) is 26.3 Å². The van der Waals surface area contributed by atoms with Crippen LogP contribution in [0.15, 0.2) is 9.59 Å². The zero-order chi connectivity index (χ0) is 20.5. The minimum Gasteiger partial charge on any atom is -0.381 e. The second kappa shape index (κ2) is 11.7. The summed E-state index contributed by atoms with van der Waals surface area (Å²) in [7, 11) is 1.79. The van der Waals surface area contributed by atoms with Crippen LogP contribution in [-0.2, 0) is 9.47 Å². The van der Waals surface area contributed by atoms with Crippen molar-refractivity contribution in [3.8, 4) is 0 Å². The Morgan fingerprint density at radius 3 is 2.24 bits per heavy atom. The summed E-state index contributed by atoms with van der Waals surface area (Å²) in [5.41, 5.74) is 0.239. The van der Waals surface area contributed by atoms with E-state index >= 15 is 0 Å². The lowest BCUT2D eigenvalue weighted by atomic mass is 9.95. The maximum absolute atomic E-state index is 11.9. The lowest BCUT2D eigenvalue weighted by Crippen LogP contribution is -2.42. The highest BCUT2D eigenvalue weighted by Crippen LogP contribution is 2.23. The molecule has 1 aromatic carbocycles. The second-order valence-corrected chi connectivity index (χ2v) is 8.42. The molecule has 1 heterocycles. The van der Waals surface area contributed by atoms with Crippen LogP contribution in [-0.4, -0.2) is 51.6 Å². The zero-order valence-electron chi connectivity index (χ0n) is 17.8. The van der Waals surface area contributed by atoms with Crippen molar-refractivity contribution in [1.29, 1.82) is 0 Å². The van der Waals surface area contributed by atoms with Crippen molar-refractivity contribution in [3.63, 3.8) is 0 Å². The molecule has 1 aliphatic carbocycles. The van der Waals surface area contributed by atoms with E-state index in [1.807, 2.05) is 0 Å². The van der Waals surface area contributed by atoms with Crippen LogP contribution in [0.1, 0.15) is 64.2 Å². The van der Waals surface area contributed by atoms with E-state index in [0.29, 0.717) is 23.6 Å². The number of rotatable bonds is 12. The second-order valence-electron chi connectivity index (χ2n) is 8.42. The van der Waals surface area contributed by atoms with Gasteiger partial charge < -0.3 is 25.4 Å². The standard InChI is InChI=1S/C22H37N3O4/c1-28-17-6-8-18(9-7-17)29-15-5-3-2-4-12-24-19-20(22(27)21(19)26)25-16-10-13-23-14-11-16/h16-18,23-25H,2-15H2,1H3. The fraction of sp³-hybridized carbons (Fsp3) is 0.818. The summed E-state index contributed by atoms with van der Waals surface area (Å²) in [6.07, 6.45) is 11.5. The predicted molar refractivity (Wildman–Crippen MR) is 117 cm³/mol. The van der Waals surface area contributed by atoms with Gasteiger partial charge in [0.15, 0.2) is 0 Å². The molecule has 7 heteroatoms. The molecule has 0 unspecified atom stereocenters. The highest BCUT2D eigenvalue weighted by Gasteiger charge is 2.24. The maximum atomic E-state index is 11.9. The van der Waals surface area contributed by atoms with Crippen molar-refractivity contribution in [2.45, 2.75) is 82.5 Å². The van der Waals surface area contributed by atoms with Gasteiger partial charge in [-0.05, 0) is 64.5 Å². The Kier molecular flexibility index (Phi) is 8.95. The predicted octanol–water partition coefficient (Wildman–Crippen LogP) is 2.39. The van der Waals surface area contributed by atoms with E-state index in [1.165, 1.54) is 0 Å². The van der Waals surface area contributed by atoms with Crippen molar-refractivity contribution >= 4 is 11.4 Å². The molecule has 164 valence electrons. The number of hydrogen-bond acceptors (Lipinski definition) is 7. The molecule has 0 radical (unpaired) electrons.